The number of hydrogen-bond acceptors (Lipinski definition) is 6. The number of methoxy groups -OCH3 is 1. The second-order valence-corrected chi connectivity index (χ2v) is 9.61. The SMILES string of the molecule is COc1cccc2cc(C(=O)N3CCCC4(CCN4CC(=O)N4CCCC4)C3)oc12.O=C(O)C(F)(F)F. The summed E-state index contributed by atoms with van der Waals surface area (Å²) >= 11 is 0. The third-order valence-corrected chi connectivity index (χ3v) is 7.33. The van der Waals surface area contributed by atoms with E-state index in [9.17, 15) is 22.8 Å². The van der Waals surface area contributed by atoms with Crippen molar-refractivity contribution in [1.82, 2.24) is 14.7 Å². The van der Waals surface area contributed by atoms with Crippen LogP contribution in [0, 0.1) is 0 Å². The lowest BCUT2D eigenvalue weighted by Gasteiger charge is -2.57. The molecule has 1 atom stereocenters. The van der Waals surface area contributed by atoms with Crippen molar-refractivity contribution >= 4 is 28.8 Å². The van der Waals surface area contributed by atoms with E-state index in [1.165, 1.54) is 0 Å². The van der Waals surface area contributed by atoms with E-state index in [1.807, 2.05) is 28.0 Å². The standard InChI is InChI=1S/C23H29N3O4.C2HF3O2/c1-29-18-7-4-6-17-14-19(30-21(17)18)22(28)25-12-5-8-23(16-25)9-13-26(23)15-20(27)24-10-2-3-11-24;3-2(4,5)1(6)7/h4,6-7,14H,2-3,5,8-13,15-16H2,1H3;(H,6,7). The molecule has 3 aliphatic rings. The third-order valence-electron chi connectivity index (χ3n) is 7.33. The van der Waals surface area contributed by atoms with Crippen LogP contribution in [0.2, 0.25) is 0 Å². The van der Waals surface area contributed by atoms with Crippen molar-refractivity contribution in [2.75, 3.05) is 46.4 Å². The van der Waals surface area contributed by atoms with Gasteiger partial charge < -0.3 is 24.1 Å². The number of rotatable bonds is 4. The highest BCUT2D eigenvalue weighted by molar-refractivity contribution is 5.97. The molecule has 3 fully saturated rings. The molecule has 1 unspecified atom stereocenters. The van der Waals surface area contributed by atoms with Gasteiger partial charge in [0.2, 0.25) is 5.91 Å². The number of nitrogens with zero attached hydrogens (tertiary/aromatic N) is 3. The van der Waals surface area contributed by atoms with Crippen molar-refractivity contribution in [3.05, 3.63) is 30.0 Å². The number of piperidine rings is 1. The second-order valence-electron chi connectivity index (χ2n) is 9.61. The first-order valence-electron chi connectivity index (χ1n) is 12.2. The first-order chi connectivity index (χ1) is 17.5. The molecule has 4 heterocycles. The van der Waals surface area contributed by atoms with Gasteiger partial charge in [-0.15, -0.1) is 0 Å². The number of halogens is 3. The highest BCUT2D eigenvalue weighted by atomic mass is 19.4. The molecule has 1 aromatic heterocycles. The highest BCUT2D eigenvalue weighted by Crippen LogP contribution is 2.39. The predicted octanol–water partition coefficient (Wildman–Crippen LogP) is 3.38. The average molecular weight is 526 g/mol. The molecule has 9 nitrogen and oxygen atoms in total. The minimum absolute atomic E-state index is 0.0625. The zero-order chi connectivity index (χ0) is 26.8. The van der Waals surface area contributed by atoms with Crippen LogP contribution in [0.5, 0.6) is 5.75 Å². The van der Waals surface area contributed by atoms with Gasteiger partial charge in [0.05, 0.1) is 13.7 Å². The van der Waals surface area contributed by atoms with Crippen LogP contribution in [0.1, 0.15) is 42.7 Å². The topological polar surface area (TPSA) is 104 Å². The molecule has 0 bridgehead atoms. The number of fused-ring (bicyclic) bond motifs is 1. The summed E-state index contributed by atoms with van der Waals surface area (Å²) in [6, 6.07) is 7.45. The van der Waals surface area contributed by atoms with Gasteiger partial charge in [0.1, 0.15) is 0 Å². The number of hydrogen-bond donors (Lipinski definition) is 1. The lowest BCUT2D eigenvalue weighted by Crippen LogP contribution is -2.68. The van der Waals surface area contributed by atoms with E-state index in [2.05, 4.69) is 4.90 Å². The number of likely N-dealkylation sites (tertiary alicyclic amines) is 3. The van der Waals surface area contributed by atoms with Gasteiger partial charge in [-0.2, -0.15) is 13.2 Å². The number of carbonyl (C=O) groups is 3. The summed E-state index contributed by atoms with van der Waals surface area (Å²) in [6.45, 7) is 4.57. The number of amides is 2. The summed E-state index contributed by atoms with van der Waals surface area (Å²) in [6.07, 6.45) is 0.169. The van der Waals surface area contributed by atoms with Crippen molar-refractivity contribution in [2.45, 2.75) is 43.8 Å². The molecule has 1 spiro atoms. The number of carboxylic acids is 1. The first-order valence-corrected chi connectivity index (χ1v) is 12.2. The summed E-state index contributed by atoms with van der Waals surface area (Å²) in [5.41, 5.74) is 0.545. The quantitative estimate of drug-likeness (QED) is 0.653. The van der Waals surface area contributed by atoms with Gasteiger partial charge in [-0.3, -0.25) is 14.5 Å². The van der Waals surface area contributed by atoms with Crippen LogP contribution in [0.25, 0.3) is 11.0 Å². The molecule has 3 saturated heterocycles. The van der Waals surface area contributed by atoms with Gasteiger partial charge in [0.25, 0.3) is 5.91 Å². The van der Waals surface area contributed by atoms with E-state index < -0.39 is 12.1 Å². The van der Waals surface area contributed by atoms with Crippen molar-refractivity contribution in [3.63, 3.8) is 0 Å². The number of benzene rings is 1. The molecule has 12 heteroatoms. The smallest absolute Gasteiger partial charge is 0.490 e. The number of carboxylic acid groups (broad SMARTS) is 1. The van der Waals surface area contributed by atoms with Crippen LogP contribution in [-0.4, -0.2) is 95.7 Å². The number of furan rings is 1. The Morgan fingerprint density at radius 1 is 1.05 bits per heavy atom. The molecule has 2 amide bonds. The van der Waals surface area contributed by atoms with Gasteiger partial charge in [-0.25, -0.2) is 4.79 Å². The van der Waals surface area contributed by atoms with Crippen LogP contribution in [0.15, 0.2) is 28.7 Å². The van der Waals surface area contributed by atoms with Crippen molar-refractivity contribution in [1.29, 1.82) is 0 Å². The predicted molar refractivity (Wildman–Crippen MR) is 126 cm³/mol. The Hall–Kier alpha value is -3.28. The number of ether oxygens (including phenoxy) is 1. The molecule has 2 aromatic rings. The second kappa shape index (κ2) is 10.6. The summed E-state index contributed by atoms with van der Waals surface area (Å²) in [5, 5.41) is 7.99. The van der Waals surface area contributed by atoms with Gasteiger partial charge in [0.15, 0.2) is 17.1 Å². The summed E-state index contributed by atoms with van der Waals surface area (Å²) in [4.78, 5) is 41.0. The minimum atomic E-state index is -5.08. The summed E-state index contributed by atoms with van der Waals surface area (Å²) < 4.78 is 43.0. The molecule has 0 saturated carbocycles. The van der Waals surface area contributed by atoms with E-state index in [0.29, 0.717) is 30.2 Å². The zero-order valence-electron chi connectivity index (χ0n) is 20.6. The lowest BCUT2D eigenvalue weighted by molar-refractivity contribution is -0.192. The lowest BCUT2D eigenvalue weighted by atomic mass is 9.77. The maximum atomic E-state index is 13.2. The number of alkyl halides is 3. The Kier molecular flexibility index (Phi) is 7.67. The maximum absolute atomic E-state index is 13.2. The fourth-order valence-corrected chi connectivity index (χ4v) is 5.27. The first kappa shape index (κ1) is 26.8. The maximum Gasteiger partial charge on any atom is 0.490 e. The molecule has 1 N–H and O–H groups in total. The molecule has 5 rings (SSSR count). The minimum Gasteiger partial charge on any atom is -0.493 e. The monoisotopic (exact) mass is 525 g/mol. The van der Waals surface area contributed by atoms with Crippen LogP contribution in [-0.2, 0) is 9.59 Å². The van der Waals surface area contributed by atoms with Gasteiger partial charge >= 0.3 is 12.1 Å². The van der Waals surface area contributed by atoms with Crippen LogP contribution in [0.4, 0.5) is 13.2 Å². The average Bonchev–Trinajstić information content (AvgIpc) is 3.56. The number of aliphatic carboxylic acids is 1. The van der Waals surface area contributed by atoms with E-state index in [4.69, 9.17) is 19.1 Å². The van der Waals surface area contributed by atoms with Gasteiger partial charge in [-0.05, 0) is 44.2 Å². The Morgan fingerprint density at radius 3 is 2.32 bits per heavy atom. The molecule has 0 radical (unpaired) electrons. The highest BCUT2D eigenvalue weighted by Gasteiger charge is 2.49. The van der Waals surface area contributed by atoms with Crippen molar-refractivity contribution < 1.29 is 41.8 Å². The molecular weight excluding hydrogens is 495 g/mol. The van der Waals surface area contributed by atoms with Gasteiger partial charge in [0, 0.05) is 43.6 Å². The van der Waals surface area contributed by atoms with E-state index >= 15 is 0 Å². The molecular formula is C25H30F3N3O6. The number of carbonyl (C=O) groups excluding carboxylic acids is 2. The van der Waals surface area contributed by atoms with Crippen LogP contribution in [0.3, 0.4) is 0 Å². The Bertz CT molecular complexity index is 1160. The fourth-order valence-electron chi connectivity index (χ4n) is 5.27. The van der Waals surface area contributed by atoms with E-state index in [0.717, 1.165) is 63.7 Å². The third kappa shape index (κ3) is 5.68. The molecule has 202 valence electrons. The Balaban J connectivity index is 0.000000405. The fraction of sp³-hybridized carbons (Fsp3) is 0.560. The molecule has 1 aromatic carbocycles. The van der Waals surface area contributed by atoms with Gasteiger partial charge in [-0.1, -0.05) is 12.1 Å². The Labute approximate surface area is 211 Å². The van der Waals surface area contributed by atoms with Crippen molar-refractivity contribution in [2.24, 2.45) is 0 Å². The summed E-state index contributed by atoms with van der Waals surface area (Å²) in [5.74, 6) is -1.62. The molecule has 3 aliphatic heterocycles. The number of para-hydroxylation sites is 1. The van der Waals surface area contributed by atoms with Crippen molar-refractivity contribution in [3.8, 4) is 5.75 Å². The van der Waals surface area contributed by atoms with Crippen LogP contribution >= 0.6 is 0 Å². The summed E-state index contributed by atoms with van der Waals surface area (Å²) in [7, 11) is 1.60. The normalized spacial score (nSPS) is 21.9. The van der Waals surface area contributed by atoms with Crippen LogP contribution < -0.4 is 4.74 Å². The Morgan fingerprint density at radius 2 is 1.73 bits per heavy atom. The van der Waals surface area contributed by atoms with E-state index in [1.54, 1.807) is 13.2 Å². The van der Waals surface area contributed by atoms with E-state index in [-0.39, 0.29) is 17.4 Å². The molecule has 37 heavy (non-hydrogen) atoms. The zero-order valence-corrected chi connectivity index (χ0v) is 20.6. The largest absolute Gasteiger partial charge is 0.493 e. The molecule has 0 aliphatic carbocycles.